The van der Waals surface area contributed by atoms with E-state index in [4.69, 9.17) is 9.52 Å². The van der Waals surface area contributed by atoms with Gasteiger partial charge >= 0.3 is 5.97 Å². The molecule has 0 radical (unpaired) electrons. The summed E-state index contributed by atoms with van der Waals surface area (Å²) < 4.78 is 5.85. The summed E-state index contributed by atoms with van der Waals surface area (Å²) in [5, 5.41) is 9.35. The van der Waals surface area contributed by atoms with Crippen LogP contribution in [0.3, 0.4) is 0 Å². The van der Waals surface area contributed by atoms with Crippen molar-refractivity contribution >= 4 is 38.6 Å². The van der Waals surface area contributed by atoms with Crippen molar-refractivity contribution in [1.82, 2.24) is 0 Å². The van der Waals surface area contributed by atoms with Crippen molar-refractivity contribution in [1.29, 1.82) is 0 Å². The van der Waals surface area contributed by atoms with Crippen LogP contribution in [0.25, 0.3) is 21.3 Å². The van der Waals surface area contributed by atoms with Gasteiger partial charge in [0.25, 0.3) is 0 Å². The number of aromatic carboxylic acids is 1. The lowest BCUT2D eigenvalue weighted by molar-refractivity contribution is 0.0702. The average Bonchev–Trinajstić information content (AvgIpc) is 2.74. The molecule has 3 rings (SSSR count). The summed E-state index contributed by atoms with van der Waals surface area (Å²) >= 11 is 0.941. The first-order valence-electron chi connectivity index (χ1n) is 4.85. The molecule has 5 heteroatoms. The summed E-state index contributed by atoms with van der Waals surface area (Å²) in [6.07, 6.45) is 0. The minimum absolute atomic E-state index is 0.108. The van der Waals surface area contributed by atoms with Crippen LogP contribution < -0.4 is 5.43 Å². The zero-order chi connectivity index (χ0) is 12.0. The molecule has 2 heterocycles. The van der Waals surface area contributed by atoms with E-state index >= 15 is 0 Å². The smallest absolute Gasteiger partial charge is 0.346 e. The van der Waals surface area contributed by atoms with Gasteiger partial charge in [0, 0.05) is 6.07 Å². The lowest BCUT2D eigenvalue weighted by Crippen LogP contribution is -1.98. The molecule has 0 aliphatic rings. The van der Waals surface area contributed by atoms with Gasteiger partial charge in [0.05, 0.1) is 5.39 Å². The maximum Gasteiger partial charge on any atom is 0.346 e. The fourth-order valence-corrected chi connectivity index (χ4v) is 2.57. The van der Waals surface area contributed by atoms with Crippen LogP contribution in [0.1, 0.15) is 9.67 Å². The zero-order valence-corrected chi connectivity index (χ0v) is 9.28. The first kappa shape index (κ1) is 10.0. The monoisotopic (exact) mass is 246 g/mol. The molecule has 3 aromatic rings. The Hall–Kier alpha value is -2.14. The number of benzene rings is 1. The van der Waals surface area contributed by atoms with E-state index in [0.717, 1.165) is 11.3 Å². The molecule has 0 atom stereocenters. The standard InChI is InChI=1S/C12H6O4S/c13-10-6-3-1-2-4-7(6)16-8-5-9(12(14)15)17-11(8)10/h1-5H,(H,14,15). The van der Waals surface area contributed by atoms with E-state index in [0.29, 0.717) is 21.3 Å². The number of hydrogen-bond donors (Lipinski definition) is 1. The molecule has 1 N–H and O–H groups in total. The third-order valence-corrected chi connectivity index (χ3v) is 3.57. The number of hydrogen-bond acceptors (Lipinski definition) is 4. The van der Waals surface area contributed by atoms with Crippen molar-refractivity contribution in [2.75, 3.05) is 0 Å². The molecule has 0 spiro atoms. The van der Waals surface area contributed by atoms with Crippen LogP contribution in [0.5, 0.6) is 0 Å². The minimum atomic E-state index is -1.05. The average molecular weight is 246 g/mol. The van der Waals surface area contributed by atoms with Crippen molar-refractivity contribution in [3.05, 3.63) is 45.4 Å². The number of carboxylic acids is 1. The Labute approximate surface area is 98.7 Å². The highest BCUT2D eigenvalue weighted by Gasteiger charge is 2.14. The lowest BCUT2D eigenvalue weighted by atomic mass is 10.2. The second-order valence-electron chi connectivity index (χ2n) is 3.54. The number of thiophene rings is 1. The van der Waals surface area contributed by atoms with Crippen LogP contribution in [0.2, 0.25) is 0 Å². The van der Waals surface area contributed by atoms with E-state index in [2.05, 4.69) is 0 Å². The molecule has 4 nitrogen and oxygen atoms in total. The zero-order valence-electron chi connectivity index (χ0n) is 8.47. The number of rotatable bonds is 1. The predicted molar refractivity (Wildman–Crippen MR) is 64.8 cm³/mol. The largest absolute Gasteiger partial charge is 0.477 e. The third kappa shape index (κ3) is 1.43. The summed E-state index contributed by atoms with van der Waals surface area (Å²) in [6.45, 7) is 0. The molecular weight excluding hydrogens is 240 g/mol. The normalized spacial score (nSPS) is 11.1. The Kier molecular flexibility index (Phi) is 2.02. The van der Waals surface area contributed by atoms with Crippen LogP contribution in [0.4, 0.5) is 0 Å². The fraction of sp³-hybridized carbons (Fsp3) is 0. The molecule has 0 saturated carbocycles. The summed E-state index contributed by atoms with van der Waals surface area (Å²) in [6, 6.07) is 8.25. The van der Waals surface area contributed by atoms with Gasteiger partial charge in [-0.05, 0) is 12.1 Å². The number of carboxylic acid groups (broad SMARTS) is 1. The third-order valence-electron chi connectivity index (χ3n) is 2.47. The van der Waals surface area contributed by atoms with Crippen LogP contribution in [-0.4, -0.2) is 11.1 Å². The van der Waals surface area contributed by atoms with E-state index in [1.807, 2.05) is 0 Å². The SMILES string of the molecule is O=C(O)c1cc2oc3ccccc3c(=O)c2s1. The molecule has 1 aromatic carbocycles. The molecular formula is C12H6O4S. The van der Waals surface area contributed by atoms with Gasteiger partial charge in [0.1, 0.15) is 20.7 Å². The van der Waals surface area contributed by atoms with Crippen LogP contribution in [-0.2, 0) is 0 Å². The minimum Gasteiger partial charge on any atom is -0.477 e. The van der Waals surface area contributed by atoms with Gasteiger partial charge in [0.2, 0.25) is 5.43 Å². The van der Waals surface area contributed by atoms with Gasteiger partial charge in [-0.15, -0.1) is 11.3 Å². The predicted octanol–water partition coefficient (Wildman–Crippen LogP) is 2.71. The Morgan fingerprint density at radius 3 is 2.76 bits per heavy atom. The Morgan fingerprint density at radius 2 is 2.00 bits per heavy atom. The van der Waals surface area contributed by atoms with Gasteiger partial charge in [-0.1, -0.05) is 12.1 Å². The van der Waals surface area contributed by atoms with Crippen molar-refractivity contribution in [2.24, 2.45) is 0 Å². The first-order chi connectivity index (χ1) is 8.16. The molecule has 0 saturated heterocycles. The van der Waals surface area contributed by atoms with Crippen molar-refractivity contribution in [3.8, 4) is 0 Å². The summed E-state index contributed by atoms with van der Waals surface area (Å²) in [5.74, 6) is -1.05. The van der Waals surface area contributed by atoms with E-state index < -0.39 is 5.97 Å². The molecule has 0 bridgehead atoms. The summed E-state index contributed by atoms with van der Waals surface area (Å²) in [4.78, 5) is 23.0. The summed E-state index contributed by atoms with van der Waals surface area (Å²) in [5.41, 5.74) is 0.621. The van der Waals surface area contributed by atoms with Crippen molar-refractivity contribution in [3.63, 3.8) is 0 Å². The highest BCUT2D eigenvalue weighted by molar-refractivity contribution is 7.20. The molecule has 0 amide bonds. The molecule has 0 unspecified atom stereocenters. The van der Waals surface area contributed by atoms with E-state index in [1.165, 1.54) is 6.07 Å². The summed E-state index contributed by atoms with van der Waals surface area (Å²) in [7, 11) is 0. The fourth-order valence-electron chi connectivity index (χ4n) is 1.70. The van der Waals surface area contributed by atoms with Crippen molar-refractivity contribution in [2.45, 2.75) is 0 Å². The van der Waals surface area contributed by atoms with Crippen LogP contribution in [0, 0.1) is 0 Å². The maximum atomic E-state index is 12.1. The Bertz CT molecular complexity index is 797. The van der Waals surface area contributed by atoms with Crippen LogP contribution >= 0.6 is 11.3 Å². The van der Waals surface area contributed by atoms with Crippen molar-refractivity contribution < 1.29 is 14.3 Å². The Balaban J connectivity index is 2.51. The second kappa shape index (κ2) is 3.43. The van der Waals surface area contributed by atoms with Gasteiger partial charge in [-0.3, -0.25) is 4.79 Å². The molecule has 2 aromatic heterocycles. The van der Waals surface area contributed by atoms with E-state index in [9.17, 15) is 9.59 Å². The molecule has 0 fully saturated rings. The molecule has 0 aliphatic heterocycles. The van der Waals surface area contributed by atoms with E-state index in [1.54, 1.807) is 24.3 Å². The molecule has 17 heavy (non-hydrogen) atoms. The van der Waals surface area contributed by atoms with Gasteiger partial charge in [-0.2, -0.15) is 0 Å². The molecule has 84 valence electrons. The van der Waals surface area contributed by atoms with Gasteiger partial charge in [-0.25, -0.2) is 4.79 Å². The highest BCUT2D eigenvalue weighted by Crippen LogP contribution is 2.26. The highest BCUT2D eigenvalue weighted by atomic mass is 32.1. The van der Waals surface area contributed by atoms with E-state index in [-0.39, 0.29) is 10.3 Å². The quantitative estimate of drug-likeness (QED) is 0.716. The lowest BCUT2D eigenvalue weighted by Gasteiger charge is -1.95. The topological polar surface area (TPSA) is 67.5 Å². The van der Waals surface area contributed by atoms with Gasteiger partial charge in [0.15, 0.2) is 0 Å². The number of para-hydroxylation sites is 1. The maximum absolute atomic E-state index is 12.1. The first-order valence-corrected chi connectivity index (χ1v) is 5.67. The number of carbonyl (C=O) groups is 1. The molecule has 0 aliphatic carbocycles. The van der Waals surface area contributed by atoms with Gasteiger partial charge < -0.3 is 9.52 Å². The van der Waals surface area contributed by atoms with Crippen LogP contribution in [0.15, 0.2) is 39.5 Å². The second-order valence-corrected chi connectivity index (χ2v) is 4.59. The number of fused-ring (bicyclic) bond motifs is 2. The Morgan fingerprint density at radius 1 is 1.24 bits per heavy atom.